The van der Waals surface area contributed by atoms with Crippen molar-refractivity contribution in [3.8, 4) is 11.5 Å². The quantitative estimate of drug-likeness (QED) is 0.305. The molecule has 0 N–H and O–H groups in total. The molecule has 0 aliphatic rings. The van der Waals surface area contributed by atoms with E-state index in [2.05, 4.69) is 4.52 Å². The van der Waals surface area contributed by atoms with Gasteiger partial charge >= 0.3 is 20.4 Å². The number of halogens is 8. The predicted molar refractivity (Wildman–Crippen MR) is 87.8 cm³/mol. The highest BCUT2D eigenvalue weighted by Gasteiger charge is 2.70. The normalized spacial score (nSPS) is 14.7. The molecule has 0 amide bonds. The van der Waals surface area contributed by atoms with Crippen LogP contribution in [-0.4, -0.2) is 30.8 Å². The van der Waals surface area contributed by atoms with Gasteiger partial charge in [-0.15, -0.1) is 0 Å². The molecule has 0 bridgehead atoms. The molecule has 2 rings (SSSR count). The van der Waals surface area contributed by atoms with E-state index >= 15 is 0 Å². The van der Waals surface area contributed by atoms with E-state index in [0.29, 0.717) is 0 Å². The van der Waals surface area contributed by atoms with E-state index in [4.69, 9.17) is 9.05 Å². The van der Waals surface area contributed by atoms with Crippen LogP contribution in [0.5, 0.6) is 11.5 Å². The molecule has 0 saturated carbocycles. The van der Waals surface area contributed by atoms with Gasteiger partial charge in [0.2, 0.25) is 6.17 Å². The second-order valence-corrected chi connectivity index (χ2v) is 6.46. The van der Waals surface area contributed by atoms with Crippen LogP contribution in [-0.2, 0) is 4.52 Å². The number of para-hydroxylation sites is 2. The van der Waals surface area contributed by atoms with Crippen molar-refractivity contribution in [2.75, 3.05) is 0 Å². The molecule has 2 aromatic carbocycles. The first-order valence-electron chi connectivity index (χ1n) is 7.80. The zero-order valence-electron chi connectivity index (χ0n) is 14.2. The molecule has 0 aliphatic heterocycles. The van der Waals surface area contributed by atoms with E-state index in [-0.39, 0.29) is 11.5 Å². The summed E-state index contributed by atoms with van der Waals surface area (Å²) in [6.07, 6.45) is -13.3. The number of hydrogen-bond acceptors (Lipinski definition) is 3. The van der Waals surface area contributed by atoms with Gasteiger partial charge < -0.3 is 9.05 Å². The van der Waals surface area contributed by atoms with Crippen LogP contribution in [0.4, 0.5) is 35.1 Å². The maximum atomic E-state index is 13.9. The summed E-state index contributed by atoms with van der Waals surface area (Å²) >= 11 is 0. The van der Waals surface area contributed by atoms with Gasteiger partial charge in [-0.05, 0) is 24.3 Å². The third-order valence-corrected chi connectivity index (χ3v) is 4.40. The standard InChI is InChI=1S/C17H13F8O3P/c18-13(14(19)20)16(22,23)17(24,25)15(21)28-29(26-11-7-3-1-4-8-11)27-12-9-5-2-6-10-12/h1-10,13-15H. The lowest BCUT2D eigenvalue weighted by molar-refractivity contribution is -0.305. The number of rotatable bonds is 10. The second-order valence-electron chi connectivity index (χ2n) is 5.44. The molecule has 0 heterocycles. The summed E-state index contributed by atoms with van der Waals surface area (Å²) in [4.78, 5) is 0. The van der Waals surface area contributed by atoms with Crippen molar-refractivity contribution in [3.63, 3.8) is 0 Å². The Kier molecular flexibility index (Phi) is 7.65. The molecule has 0 radical (unpaired) electrons. The van der Waals surface area contributed by atoms with E-state index in [9.17, 15) is 35.1 Å². The van der Waals surface area contributed by atoms with Gasteiger partial charge in [0.1, 0.15) is 11.5 Å². The van der Waals surface area contributed by atoms with Gasteiger partial charge in [0.15, 0.2) is 0 Å². The third-order valence-electron chi connectivity index (χ3n) is 3.32. The third kappa shape index (κ3) is 5.70. The first-order chi connectivity index (χ1) is 13.6. The minimum absolute atomic E-state index is 0.0484. The Morgan fingerprint density at radius 1 is 0.655 bits per heavy atom. The van der Waals surface area contributed by atoms with E-state index in [1.54, 1.807) is 12.1 Å². The lowest BCUT2D eigenvalue weighted by Crippen LogP contribution is -2.56. The summed E-state index contributed by atoms with van der Waals surface area (Å²) in [5, 5.41) is 0. The van der Waals surface area contributed by atoms with Crippen LogP contribution < -0.4 is 9.05 Å². The Hall–Kier alpha value is -2.13. The molecular formula is C17H13F8O3P. The molecular weight excluding hydrogens is 435 g/mol. The molecule has 0 spiro atoms. The lowest BCUT2D eigenvalue weighted by Gasteiger charge is -2.31. The lowest BCUT2D eigenvalue weighted by atomic mass is 10.1. The Bertz CT molecular complexity index is 709. The summed E-state index contributed by atoms with van der Waals surface area (Å²) in [6.45, 7) is 0. The summed E-state index contributed by atoms with van der Waals surface area (Å²) < 4.78 is 120. The van der Waals surface area contributed by atoms with Gasteiger partial charge in [-0.3, -0.25) is 4.52 Å². The van der Waals surface area contributed by atoms with Crippen LogP contribution in [0.25, 0.3) is 0 Å². The van der Waals surface area contributed by atoms with Crippen molar-refractivity contribution in [3.05, 3.63) is 60.7 Å². The van der Waals surface area contributed by atoms with Gasteiger partial charge in [0, 0.05) is 0 Å². The fourth-order valence-electron chi connectivity index (χ4n) is 1.83. The minimum Gasteiger partial charge on any atom is -0.418 e. The monoisotopic (exact) mass is 448 g/mol. The summed E-state index contributed by atoms with van der Waals surface area (Å²) in [5.74, 6) is -12.1. The van der Waals surface area contributed by atoms with Gasteiger partial charge in [-0.2, -0.15) is 17.6 Å². The molecule has 3 nitrogen and oxygen atoms in total. The van der Waals surface area contributed by atoms with Crippen LogP contribution >= 0.6 is 8.60 Å². The molecule has 2 atom stereocenters. The van der Waals surface area contributed by atoms with Gasteiger partial charge in [0.05, 0.1) is 0 Å². The van der Waals surface area contributed by atoms with Gasteiger partial charge in [-0.25, -0.2) is 17.6 Å². The summed E-state index contributed by atoms with van der Waals surface area (Å²) in [6, 6.07) is 14.2. The highest BCUT2D eigenvalue weighted by atomic mass is 31.2. The van der Waals surface area contributed by atoms with Gasteiger partial charge in [-0.1, -0.05) is 36.4 Å². The Balaban J connectivity index is 2.21. The SMILES string of the molecule is FC(F)C(F)C(F)(F)C(F)(F)C(F)OP(Oc1ccccc1)Oc1ccccc1. The van der Waals surface area contributed by atoms with E-state index in [1.807, 2.05) is 0 Å². The fraction of sp³-hybridized carbons (Fsp3) is 0.294. The molecule has 2 unspecified atom stereocenters. The highest BCUT2D eigenvalue weighted by molar-refractivity contribution is 7.42. The molecule has 29 heavy (non-hydrogen) atoms. The van der Waals surface area contributed by atoms with Crippen molar-refractivity contribution >= 4 is 8.60 Å². The van der Waals surface area contributed by atoms with Crippen LogP contribution in [0.15, 0.2) is 60.7 Å². The largest absolute Gasteiger partial charge is 0.465 e. The van der Waals surface area contributed by atoms with Crippen molar-refractivity contribution in [2.24, 2.45) is 0 Å². The summed E-state index contributed by atoms with van der Waals surface area (Å²) in [7, 11) is -3.10. The first-order valence-corrected chi connectivity index (χ1v) is 8.90. The van der Waals surface area contributed by atoms with Crippen molar-refractivity contribution in [1.29, 1.82) is 0 Å². The molecule has 2 aromatic rings. The molecule has 0 fully saturated rings. The van der Waals surface area contributed by atoms with E-state index in [1.165, 1.54) is 48.5 Å². The number of benzene rings is 2. The zero-order valence-corrected chi connectivity index (χ0v) is 15.1. The topological polar surface area (TPSA) is 27.7 Å². The Morgan fingerprint density at radius 2 is 1.07 bits per heavy atom. The van der Waals surface area contributed by atoms with Crippen LogP contribution in [0.1, 0.15) is 0 Å². The van der Waals surface area contributed by atoms with Crippen LogP contribution in [0.2, 0.25) is 0 Å². The minimum atomic E-state index is -6.05. The Morgan fingerprint density at radius 3 is 1.45 bits per heavy atom. The molecule has 0 saturated heterocycles. The zero-order chi connectivity index (χ0) is 21.7. The number of hydrogen-bond donors (Lipinski definition) is 0. The maximum Gasteiger partial charge on any atom is 0.465 e. The highest BCUT2D eigenvalue weighted by Crippen LogP contribution is 2.50. The second kappa shape index (κ2) is 9.58. The van der Waals surface area contributed by atoms with E-state index in [0.717, 1.165) is 0 Å². The van der Waals surface area contributed by atoms with Gasteiger partial charge in [0.25, 0.3) is 12.8 Å². The molecule has 12 heteroatoms. The van der Waals surface area contributed by atoms with Crippen molar-refractivity contribution < 1.29 is 48.7 Å². The predicted octanol–water partition coefficient (Wildman–Crippen LogP) is 6.56. The average molecular weight is 448 g/mol. The van der Waals surface area contributed by atoms with Crippen molar-refractivity contribution in [1.82, 2.24) is 0 Å². The smallest absolute Gasteiger partial charge is 0.418 e. The maximum absolute atomic E-state index is 13.9. The average Bonchev–Trinajstić information content (AvgIpc) is 2.68. The van der Waals surface area contributed by atoms with Crippen LogP contribution in [0, 0.1) is 0 Å². The molecule has 0 aliphatic carbocycles. The van der Waals surface area contributed by atoms with Crippen LogP contribution in [0.3, 0.4) is 0 Å². The Labute approximate surface area is 161 Å². The molecule has 160 valence electrons. The summed E-state index contributed by atoms with van der Waals surface area (Å²) in [5.41, 5.74) is 0. The van der Waals surface area contributed by atoms with E-state index < -0.39 is 39.4 Å². The molecule has 0 aromatic heterocycles. The first kappa shape index (κ1) is 23.2. The van der Waals surface area contributed by atoms with Crippen molar-refractivity contribution in [2.45, 2.75) is 30.8 Å². The fourth-order valence-corrected chi connectivity index (χ4v) is 2.83. The number of alkyl halides is 8.